The van der Waals surface area contributed by atoms with Gasteiger partial charge >= 0.3 is 12.2 Å². The summed E-state index contributed by atoms with van der Waals surface area (Å²) in [5.74, 6) is -0.338. The molecule has 0 radical (unpaired) electrons. The first-order valence-corrected chi connectivity index (χ1v) is 12.3. The predicted molar refractivity (Wildman–Crippen MR) is 118 cm³/mol. The molecule has 0 spiro atoms. The van der Waals surface area contributed by atoms with Crippen molar-refractivity contribution >= 4 is 27.3 Å². The number of rotatable bonds is 3. The smallest absolute Gasteiger partial charge is 0.316 e. The number of hydrogen-bond donors (Lipinski definition) is 0. The molecule has 8 nitrogen and oxygen atoms in total. The molecule has 35 heavy (non-hydrogen) atoms. The van der Waals surface area contributed by atoms with Gasteiger partial charge in [0.2, 0.25) is 0 Å². The third-order valence-electron chi connectivity index (χ3n) is 5.98. The second kappa shape index (κ2) is 8.49. The van der Waals surface area contributed by atoms with Gasteiger partial charge in [0.25, 0.3) is 0 Å². The van der Waals surface area contributed by atoms with Crippen molar-refractivity contribution in [1.29, 1.82) is 5.26 Å². The zero-order chi connectivity index (χ0) is 25.7. The number of benzene rings is 1. The number of nitriles is 1. The summed E-state index contributed by atoms with van der Waals surface area (Å²) in [7, 11) is -2.52. The lowest BCUT2D eigenvalue weighted by Gasteiger charge is -2.44. The van der Waals surface area contributed by atoms with Gasteiger partial charge in [-0.15, -0.1) is 0 Å². The lowest BCUT2D eigenvalue weighted by atomic mass is 9.83. The SMILES string of the molecule is CN1C(=O)N(c2ccnc(C(F)(F)F)c2)C2=C(C(=O)CCC2)C1c1ccc(C#N)cc1S(C)(=O)=O. The fourth-order valence-electron chi connectivity index (χ4n) is 4.46. The Hall–Kier alpha value is -3.72. The zero-order valence-electron chi connectivity index (χ0n) is 18.6. The number of halogens is 3. The number of nitrogens with zero attached hydrogens (tertiary/aromatic N) is 4. The molecule has 1 aliphatic carbocycles. The quantitative estimate of drug-likeness (QED) is 0.625. The third kappa shape index (κ3) is 4.27. The van der Waals surface area contributed by atoms with E-state index in [4.69, 9.17) is 0 Å². The molecular formula is C23H19F3N4O4S. The maximum atomic E-state index is 13.5. The molecule has 1 aliphatic heterocycles. The molecule has 0 fully saturated rings. The Bertz CT molecular complexity index is 1430. The number of alkyl halides is 3. The van der Waals surface area contributed by atoms with Crippen LogP contribution in [0.3, 0.4) is 0 Å². The number of amides is 2. The average molecular weight is 504 g/mol. The summed E-state index contributed by atoms with van der Waals surface area (Å²) in [5, 5.41) is 9.23. The van der Waals surface area contributed by atoms with Crippen molar-refractivity contribution in [2.24, 2.45) is 0 Å². The number of pyridine rings is 1. The van der Waals surface area contributed by atoms with Crippen LogP contribution in [0.25, 0.3) is 0 Å². The van der Waals surface area contributed by atoms with E-state index in [9.17, 15) is 36.4 Å². The van der Waals surface area contributed by atoms with Gasteiger partial charge in [0.1, 0.15) is 5.69 Å². The Morgan fingerprint density at radius 1 is 1.14 bits per heavy atom. The van der Waals surface area contributed by atoms with Crippen LogP contribution in [0.1, 0.15) is 42.1 Å². The Kier molecular flexibility index (Phi) is 5.92. The number of Topliss-reactive ketones (excluding diaryl/α,β-unsaturated/α-hetero) is 1. The molecule has 4 rings (SSSR count). The van der Waals surface area contributed by atoms with Gasteiger partial charge in [-0.1, -0.05) is 6.07 Å². The van der Waals surface area contributed by atoms with Crippen LogP contribution in [0.5, 0.6) is 0 Å². The van der Waals surface area contributed by atoms with Gasteiger partial charge in [-0.05, 0) is 42.7 Å². The summed E-state index contributed by atoms with van der Waals surface area (Å²) in [6.45, 7) is 0. The monoisotopic (exact) mass is 504 g/mol. The highest BCUT2D eigenvalue weighted by molar-refractivity contribution is 7.90. The van der Waals surface area contributed by atoms with Crippen LogP contribution in [0, 0.1) is 11.3 Å². The van der Waals surface area contributed by atoms with Gasteiger partial charge in [0, 0.05) is 37.2 Å². The lowest BCUT2D eigenvalue weighted by molar-refractivity contribution is -0.141. The Labute approximate surface area is 199 Å². The van der Waals surface area contributed by atoms with Gasteiger partial charge in [-0.2, -0.15) is 18.4 Å². The molecule has 2 aromatic rings. The highest BCUT2D eigenvalue weighted by Crippen LogP contribution is 2.45. The van der Waals surface area contributed by atoms with Crippen LogP contribution >= 0.6 is 0 Å². The number of allylic oxidation sites excluding steroid dienone is 1. The topological polar surface area (TPSA) is 111 Å². The van der Waals surface area contributed by atoms with Crippen LogP contribution < -0.4 is 4.90 Å². The van der Waals surface area contributed by atoms with Crippen LogP contribution in [-0.2, 0) is 20.8 Å². The predicted octanol–water partition coefficient (Wildman–Crippen LogP) is 4.00. The second-order valence-corrected chi connectivity index (χ2v) is 10.3. The fraction of sp³-hybridized carbons (Fsp3) is 0.304. The van der Waals surface area contributed by atoms with Gasteiger partial charge < -0.3 is 4.90 Å². The number of aromatic nitrogens is 1. The molecule has 0 bridgehead atoms. The minimum atomic E-state index is -4.74. The van der Waals surface area contributed by atoms with Crippen molar-refractivity contribution in [3.8, 4) is 6.07 Å². The van der Waals surface area contributed by atoms with Crippen LogP contribution in [0.15, 0.2) is 52.7 Å². The van der Waals surface area contributed by atoms with E-state index in [1.165, 1.54) is 31.3 Å². The van der Waals surface area contributed by atoms with Gasteiger partial charge in [0.15, 0.2) is 15.6 Å². The van der Waals surface area contributed by atoms with Crippen LogP contribution in [-0.4, -0.2) is 43.4 Å². The molecule has 1 aromatic heterocycles. The van der Waals surface area contributed by atoms with Crippen LogP contribution in [0.2, 0.25) is 0 Å². The molecule has 1 aromatic carbocycles. The van der Waals surface area contributed by atoms with Crippen molar-refractivity contribution in [1.82, 2.24) is 9.88 Å². The van der Waals surface area contributed by atoms with E-state index in [1.54, 1.807) is 0 Å². The van der Waals surface area contributed by atoms with Crippen molar-refractivity contribution < 1.29 is 31.2 Å². The van der Waals surface area contributed by atoms with Crippen molar-refractivity contribution in [3.63, 3.8) is 0 Å². The second-order valence-electron chi connectivity index (χ2n) is 8.30. The third-order valence-corrected chi connectivity index (χ3v) is 7.13. The van der Waals surface area contributed by atoms with Gasteiger partial charge in [0.05, 0.1) is 28.3 Å². The Morgan fingerprint density at radius 3 is 2.49 bits per heavy atom. The number of anilines is 1. The highest BCUT2D eigenvalue weighted by Gasteiger charge is 2.45. The Morgan fingerprint density at radius 2 is 1.86 bits per heavy atom. The minimum absolute atomic E-state index is 0.0845. The number of likely N-dealkylation sites (N-methyl/N-ethyl adjacent to an activating group) is 1. The van der Waals surface area contributed by atoms with Crippen LogP contribution in [0.4, 0.5) is 23.7 Å². The number of sulfone groups is 1. The summed E-state index contributed by atoms with van der Waals surface area (Å²) in [5.41, 5.74) is -0.719. The standard InChI is InChI=1S/C23H19F3N4O4S/c1-29-21(15-7-6-13(12-27)10-18(15)35(2,33)34)20-16(4-3-5-17(20)31)30(22(29)32)14-8-9-28-19(11-14)23(24,25)26/h6-11,21H,3-5H2,1-2H3. The molecular weight excluding hydrogens is 485 g/mol. The number of ketones is 1. The first kappa shape index (κ1) is 24.4. The number of carbonyl (C=O) groups excluding carboxylic acids is 2. The summed E-state index contributed by atoms with van der Waals surface area (Å²) >= 11 is 0. The van der Waals surface area contributed by atoms with E-state index in [2.05, 4.69) is 4.98 Å². The molecule has 1 unspecified atom stereocenters. The molecule has 0 N–H and O–H groups in total. The first-order chi connectivity index (χ1) is 16.3. The lowest BCUT2D eigenvalue weighted by Crippen LogP contribution is -2.50. The molecule has 12 heteroatoms. The van der Waals surface area contributed by atoms with E-state index in [0.717, 1.165) is 28.3 Å². The molecule has 2 heterocycles. The van der Waals surface area contributed by atoms with Gasteiger partial charge in [-0.3, -0.25) is 14.7 Å². The summed E-state index contributed by atoms with van der Waals surface area (Å²) < 4.78 is 65.0. The van der Waals surface area contributed by atoms with E-state index >= 15 is 0 Å². The van der Waals surface area contributed by atoms with E-state index in [0.29, 0.717) is 6.42 Å². The number of urea groups is 1. The fourth-order valence-corrected chi connectivity index (χ4v) is 5.41. The minimum Gasteiger partial charge on any atom is -0.316 e. The molecule has 182 valence electrons. The molecule has 2 amide bonds. The van der Waals surface area contributed by atoms with E-state index < -0.39 is 33.8 Å². The Balaban J connectivity index is 1.98. The summed E-state index contributed by atoms with van der Waals surface area (Å²) in [6.07, 6.45) is -2.11. The molecule has 0 saturated heterocycles. The van der Waals surface area contributed by atoms with Gasteiger partial charge in [-0.25, -0.2) is 13.2 Å². The summed E-state index contributed by atoms with van der Waals surface area (Å²) in [6, 6.07) is 5.99. The van der Waals surface area contributed by atoms with Crippen molar-refractivity contribution in [3.05, 3.63) is 64.6 Å². The summed E-state index contributed by atoms with van der Waals surface area (Å²) in [4.78, 5) is 32.0. The van der Waals surface area contributed by atoms with E-state index in [1.807, 2.05) is 6.07 Å². The van der Waals surface area contributed by atoms with E-state index in [-0.39, 0.29) is 51.6 Å². The molecule has 0 saturated carbocycles. The van der Waals surface area contributed by atoms with Crippen molar-refractivity contribution in [2.45, 2.75) is 36.4 Å². The zero-order valence-corrected chi connectivity index (χ0v) is 19.4. The normalized spacial score (nSPS) is 19.0. The first-order valence-electron chi connectivity index (χ1n) is 10.4. The average Bonchev–Trinajstić information content (AvgIpc) is 2.79. The number of carbonyl (C=O) groups is 2. The maximum absolute atomic E-state index is 13.5. The van der Waals surface area contributed by atoms with Crippen molar-refractivity contribution in [2.75, 3.05) is 18.2 Å². The number of hydrogen-bond acceptors (Lipinski definition) is 6. The largest absolute Gasteiger partial charge is 0.433 e. The maximum Gasteiger partial charge on any atom is 0.433 e. The molecule has 1 atom stereocenters. The molecule has 2 aliphatic rings. The highest BCUT2D eigenvalue weighted by atomic mass is 32.2.